The van der Waals surface area contributed by atoms with Gasteiger partial charge in [-0.15, -0.1) is 0 Å². The summed E-state index contributed by atoms with van der Waals surface area (Å²) in [5.41, 5.74) is 1.56. The van der Waals surface area contributed by atoms with Crippen molar-refractivity contribution in [3.63, 3.8) is 0 Å². The number of hydrogen-bond donors (Lipinski definition) is 3. The lowest BCUT2D eigenvalue weighted by Crippen LogP contribution is -2.40. The summed E-state index contributed by atoms with van der Waals surface area (Å²) in [4.78, 5) is 24.3. The number of carbonyl (C=O) groups excluding carboxylic acids is 2. The van der Waals surface area contributed by atoms with E-state index in [-0.39, 0.29) is 12.1 Å². The number of benzene rings is 1. The van der Waals surface area contributed by atoms with Crippen LogP contribution in [-0.2, 0) is 0 Å². The van der Waals surface area contributed by atoms with Gasteiger partial charge in [-0.3, -0.25) is 0 Å². The summed E-state index contributed by atoms with van der Waals surface area (Å²) in [5, 5.41) is 8.41. The van der Waals surface area contributed by atoms with E-state index in [1.807, 2.05) is 13.0 Å². The molecule has 0 unspecified atom stereocenters. The summed E-state index contributed by atoms with van der Waals surface area (Å²) in [6.07, 6.45) is 0. The van der Waals surface area contributed by atoms with Crippen molar-refractivity contribution < 1.29 is 9.59 Å². The monoisotopic (exact) mass is 298 g/mol. The molecule has 0 aliphatic carbocycles. The number of carbonyl (C=O) groups is 2. The fourth-order valence-electron chi connectivity index (χ4n) is 1.40. The van der Waals surface area contributed by atoms with Crippen LogP contribution in [-0.4, -0.2) is 44.1 Å². The zero-order valence-corrected chi connectivity index (χ0v) is 12.5. The Morgan fingerprint density at radius 3 is 2.50 bits per heavy atom. The second-order valence-corrected chi connectivity index (χ2v) is 4.90. The second-order valence-electron chi connectivity index (χ2n) is 4.49. The number of rotatable bonds is 4. The predicted octanol–water partition coefficient (Wildman–Crippen LogP) is 2.04. The predicted molar refractivity (Wildman–Crippen MR) is 80.3 cm³/mol. The highest BCUT2D eigenvalue weighted by Gasteiger charge is 2.06. The molecular weight excluding hydrogens is 280 g/mol. The van der Waals surface area contributed by atoms with Crippen LogP contribution in [0.5, 0.6) is 0 Å². The Bertz CT molecular complexity index is 491. The molecule has 0 fully saturated rings. The number of urea groups is 2. The molecule has 0 aliphatic heterocycles. The first-order chi connectivity index (χ1) is 9.40. The first kappa shape index (κ1) is 16.1. The lowest BCUT2D eigenvalue weighted by atomic mass is 10.2. The van der Waals surface area contributed by atoms with Crippen LogP contribution in [0.15, 0.2) is 18.2 Å². The smallest absolute Gasteiger partial charge is 0.319 e. The Morgan fingerprint density at radius 1 is 1.20 bits per heavy atom. The quantitative estimate of drug-likeness (QED) is 0.744. The van der Waals surface area contributed by atoms with E-state index in [0.717, 1.165) is 5.56 Å². The van der Waals surface area contributed by atoms with Gasteiger partial charge in [0.25, 0.3) is 0 Å². The second kappa shape index (κ2) is 7.59. The van der Waals surface area contributed by atoms with Crippen molar-refractivity contribution in [2.75, 3.05) is 32.5 Å². The van der Waals surface area contributed by atoms with Gasteiger partial charge in [-0.1, -0.05) is 17.7 Å². The summed E-state index contributed by atoms with van der Waals surface area (Å²) in [6, 6.07) is 4.81. The van der Waals surface area contributed by atoms with Crippen LogP contribution >= 0.6 is 11.6 Å². The molecule has 3 N–H and O–H groups in total. The molecule has 0 atom stereocenters. The maximum atomic E-state index is 11.7. The first-order valence-corrected chi connectivity index (χ1v) is 6.54. The van der Waals surface area contributed by atoms with Crippen molar-refractivity contribution >= 4 is 29.4 Å². The molecule has 7 heteroatoms. The molecule has 0 aromatic heterocycles. The molecule has 0 saturated carbocycles. The van der Waals surface area contributed by atoms with Crippen LogP contribution < -0.4 is 16.0 Å². The average molecular weight is 299 g/mol. The molecule has 20 heavy (non-hydrogen) atoms. The number of nitrogens with one attached hydrogen (secondary N) is 3. The third-order valence-corrected chi connectivity index (χ3v) is 2.79. The maximum absolute atomic E-state index is 11.7. The van der Waals surface area contributed by atoms with Gasteiger partial charge in [0, 0.05) is 27.2 Å². The number of halogens is 1. The molecule has 1 aromatic carbocycles. The highest BCUT2D eigenvalue weighted by molar-refractivity contribution is 6.33. The highest BCUT2D eigenvalue weighted by Crippen LogP contribution is 2.22. The molecule has 6 nitrogen and oxygen atoms in total. The van der Waals surface area contributed by atoms with Crippen molar-refractivity contribution in [1.29, 1.82) is 0 Å². The van der Waals surface area contributed by atoms with E-state index in [1.165, 1.54) is 4.90 Å². The first-order valence-electron chi connectivity index (χ1n) is 6.16. The van der Waals surface area contributed by atoms with Gasteiger partial charge in [0.05, 0.1) is 10.7 Å². The van der Waals surface area contributed by atoms with Gasteiger partial charge in [0.15, 0.2) is 0 Å². The number of hydrogen-bond acceptors (Lipinski definition) is 2. The minimum Gasteiger partial charge on any atom is -0.336 e. The van der Waals surface area contributed by atoms with Gasteiger partial charge >= 0.3 is 12.1 Å². The standard InChI is InChI=1S/C13H19ClN4O2/c1-9-4-5-10(14)11(8-9)17-12(19)15-6-7-16-13(20)18(2)3/h4-5,8H,6-7H2,1-3H3,(H,16,20)(H2,15,17,19). The third kappa shape index (κ3) is 5.36. The van der Waals surface area contributed by atoms with E-state index < -0.39 is 0 Å². The van der Waals surface area contributed by atoms with Gasteiger partial charge in [0.2, 0.25) is 0 Å². The highest BCUT2D eigenvalue weighted by atomic mass is 35.5. The van der Waals surface area contributed by atoms with Crippen LogP contribution in [0, 0.1) is 6.92 Å². The summed E-state index contributed by atoms with van der Waals surface area (Å²) in [5.74, 6) is 0. The van der Waals surface area contributed by atoms with Crippen molar-refractivity contribution in [2.24, 2.45) is 0 Å². The molecule has 0 radical (unpaired) electrons. The Labute approximate surface area is 123 Å². The van der Waals surface area contributed by atoms with E-state index >= 15 is 0 Å². The van der Waals surface area contributed by atoms with E-state index in [2.05, 4.69) is 16.0 Å². The van der Waals surface area contributed by atoms with Crippen LogP contribution in [0.2, 0.25) is 5.02 Å². The molecule has 0 aliphatic rings. The van der Waals surface area contributed by atoms with Crippen LogP contribution in [0.25, 0.3) is 0 Å². The van der Waals surface area contributed by atoms with E-state index in [4.69, 9.17) is 11.6 Å². The van der Waals surface area contributed by atoms with Crippen molar-refractivity contribution in [2.45, 2.75) is 6.92 Å². The van der Waals surface area contributed by atoms with Crippen molar-refractivity contribution in [1.82, 2.24) is 15.5 Å². The number of anilines is 1. The molecule has 4 amide bonds. The minimum absolute atomic E-state index is 0.200. The van der Waals surface area contributed by atoms with Crippen molar-refractivity contribution in [3.8, 4) is 0 Å². The summed E-state index contributed by atoms with van der Waals surface area (Å²) in [7, 11) is 3.30. The number of amides is 4. The fraction of sp³-hybridized carbons (Fsp3) is 0.385. The topological polar surface area (TPSA) is 73.5 Å². The zero-order valence-electron chi connectivity index (χ0n) is 11.8. The normalized spacial score (nSPS) is 9.80. The molecule has 0 saturated heterocycles. The van der Waals surface area contributed by atoms with E-state index in [1.54, 1.807) is 26.2 Å². The minimum atomic E-state index is -0.364. The van der Waals surface area contributed by atoms with E-state index in [0.29, 0.717) is 23.8 Å². The van der Waals surface area contributed by atoms with Crippen LogP contribution in [0.1, 0.15) is 5.56 Å². The molecule has 0 bridgehead atoms. The zero-order chi connectivity index (χ0) is 15.1. The average Bonchev–Trinajstić information content (AvgIpc) is 2.38. The number of aryl methyl sites for hydroxylation is 1. The Hall–Kier alpha value is -1.95. The SMILES string of the molecule is Cc1ccc(Cl)c(NC(=O)NCCNC(=O)N(C)C)c1. The number of nitrogens with zero attached hydrogens (tertiary/aromatic N) is 1. The molecule has 0 spiro atoms. The van der Waals surface area contributed by atoms with Gasteiger partial charge < -0.3 is 20.9 Å². The summed E-state index contributed by atoms with van der Waals surface area (Å²) < 4.78 is 0. The molecule has 1 rings (SSSR count). The Kier molecular flexibility index (Phi) is 6.11. The Morgan fingerprint density at radius 2 is 1.85 bits per heavy atom. The summed E-state index contributed by atoms with van der Waals surface area (Å²) >= 11 is 5.97. The lowest BCUT2D eigenvalue weighted by molar-refractivity contribution is 0.217. The molecular formula is C13H19ClN4O2. The molecule has 1 aromatic rings. The van der Waals surface area contributed by atoms with Gasteiger partial charge in [-0.25, -0.2) is 9.59 Å². The van der Waals surface area contributed by atoms with Crippen LogP contribution in [0.3, 0.4) is 0 Å². The molecule has 110 valence electrons. The fourth-order valence-corrected chi connectivity index (χ4v) is 1.57. The Balaban J connectivity index is 2.34. The molecule has 0 heterocycles. The van der Waals surface area contributed by atoms with Crippen molar-refractivity contribution in [3.05, 3.63) is 28.8 Å². The third-order valence-electron chi connectivity index (χ3n) is 2.46. The summed E-state index contributed by atoms with van der Waals surface area (Å²) in [6.45, 7) is 2.59. The van der Waals surface area contributed by atoms with Gasteiger partial charge in [-0.2, -0.15) is 0 Å². The maximum Gasteiger partial charge on any atom is 0.319 e. The van der Waals surface area contributed by atoms with Crippen LogP contribution in [0.4, 0.5) is 15.3 Å². The lowest BCUT2D eigenvalue weighted by Gasteiger charge is -2.13. The van der Waals surface area contributed by atoms with Gasteiger partial charge in [-0.05, 0) is 24.6 Å². The largest absolute Gasteiger partial charge is 0.336 e. The van der Waals surface area contributed by atoms with E-state index in [9.17, 15) is 9.59 Å². The van der Waals surface area contributed by atoms with Gasteiger partial charge in [0.1, 0.15) is 0 Å².